The van der Waals surface area contributed by atoms with Gasteiger partial charge in [-0.05, 0) is 32.3 Å². The van der Waals surface area contributed by atoms with E-state index in [9.17, 15) is 0 Å². The van der Waals surface area contributed by atoms with Gasteiger partial charge in [0.1, 0.15) is 0 Å². The molecule has 0 saturated carbocycles. The van der Waals surface area contributed by atoms with Crippen molar-refractivity contribution in [2.75, 3.05) is 0 Å². The van der Waals surface area contributed by atoms with E-state index in [0.29, 0.717) is 0 Å². The Morgan fingerprint density at radius 1 is 1.50 bits per heavy atom. The van der Waals surface area contributed by atoms with Gasteiger partial charge in [-0.15, -0.1) is 0 Å². The number of aliphatic imine (C=N–C) groups is 2. The average molecular weight is 188 g/mol. The van der Waals surface area contributed by atoms with Crippen LogP contribution in [0.3, 0.4) is 0 Å². The molecule has 0 aromatic heterocycles. The molecule has 0 aromatic rings. The molecule has 1 heterocycles. The molecule has 0 saturated heterocycles. The van der Waals surface area contributed by atoms with Crippen LogP contribution in [0.25, 0.3) is 0 Å². The van der Waals surface area contributed by atoms with Crippen molar-refractivity contribution in [3.8, 4) is 0 Å². The van der Waals surface area contributed by atoms with Crippen molar-refractivity contribution in [3.63, 3.8) is 0 Å². The third kappa shape index (κ3) is 3.13. The second kappa shape index (κ2) is 4.70. The van der Waals surface area contributed by atoms with Gasteiger partial charge in [0.15, 0.2) is 0 Å². The van der Waals surface area contributed by atoms with E-state index in [0.717, 1.165) is 29.8 Å². The van der Waals surface area contributed by atoms with Gasteiger partial charge < -0.3 is 0 Å². The molecule has 0 N–H and O–H groups in total. The van der Waals surface area contributed by atoms with Crippen LogP contribution in [0.15, 0.2) is 46.2 Å². The van der Waals surface area contributed by atoms with Crippen molar-refractivity contribution in [3.05, 3.63) is 36.2 Å². The Balaban J connectivity index is 2.67. The van der Waals surface area contributed by atoms with E-state index in [1.807, 2.05) is 13.1 Å². The minimum absolute atomic E-state index is 0.747. The van der Waals surface area contributed by atoms with Gasteiger partial charge in [0.25, 0.3) is 0 Å². The fourth-order valence-electron chi connectivity index (χ4n) is 1.11. The number of rotatable bonds is 3. The number of hydrogen-bond donors (Lipinski definition) is 0. The van der Waals surface area contributed by atoms with Crippen LogP contribution in [0, 0.1) is 0 Å². The minimum Gasteiger partial charge on any atom is -0.259 e. The predicted molar refractivity (Wildman–Crippen MR) is 62.9 cm³/mol. The number of allylic oxidation sites excluding steroid dienone is 3. The summed E-state index contributed by atoms with van der Waals surface area (Å²) in [6, 6.07) is 0. The molecule has 74 valence electrons. The molecule has 0 unspecified atom stereocenters. The van der Waals surface area contributed by atoms with Crippen LogP contribution in [0.5, 0.6) is 0 Å². The molecule has 2 heteroatoms. The van der Waals surface area contributed by atoms with E-state index in [-0.39, 0.29) is 0 Å². The van der Waals surface area contributed by atoms with Crippen LogP contribution in [-0.2, 0) is 0 Å². The van der Waals surface area contributed by atoms with Crippen LogP contribution >= 0.6 is 0 Å². The lowest BCUT2D eigenvalue weighted by molar-refractivity contribution is 0.973. The number of hydrogen-bond acceptors (Lipinski definition) is 2. The highest BCUT2D eigenvalue weighted by atomic mass is 14.8. The van der Waals surface area contributed by atoms with Gasteiger partial charge in [-0.25, -0.2) is 0 Å². The molecule has 0 atom stereocenters. The van der Waals surface area contributed by atoms with Crippen LogP contribution < -0.4 is 0 Å². The Bertz CT molecular complexity index is 343. The second-order valence-corrected chi connectivity index (χ2v) is 3.60. The van der Waals surface area contributed by atoms with E-state index in [1.165, 1.54) is 5.57 Å². The van der Waals surface area contributed by atoms with Crippen molar-refractivity contribution >= 4 is 11.9 Å². The molecule has 0 spiro atoms. The summed E-state index contributed by atoms with van der Waals surface area (Å²) in [5.41, 5.74) is 3.96. The minimum atomic E-state index is 0.747. The van der Waals surface area contributed by atoms with Gasteiger partial charge in [-0.1, -0.05) is 18.7 Å². The van der Waals surface area contributed by atoms with Gasteiger partial charge in [0.05, 0.1) is 11.4 Å². The van der Waals surface area contributed by atoms with E-state index in [2.05, 4.69) is 30.1 Å². The topological polar surface area (TPSA) is 24.7 Å². The summed E-state index contributed by atoms with van der Waals surface area (Å²) >= 11 is 0. The van der Waals surface area contributed by atoms with Gasteiger partial charge in [-0.2, -0.15) is 0 Å². The van der Waals surface area contributed by atoms with E-state index in [1.54, 1.807) is 6.21 Å². The first-order chi connectivity index (χ1) is 6.59. The molecule has 1 aliphatic rings. The smallest absolute Gasteiger partial charge is 0.0772 e. The highest BCUT2D eigenvalue weighted by molar-refractivity contribution is 6.01. The van der Waals surface area contributed by atoms with Gasteiger partial charge in [-0.3, -0.25) is 9.98 Å². The fraction of sp³-hybridized carbons (Fsp3) is 0.333. The van der Waals surface area contributed by atoms with Crippen LogP contribution in [0.1, 0.15) is 26.7 Å². The number of nitrogens with zero attached hydrogens (tertiary/aromatic N) is 2. The first-order valence-electron chi connectivity index (χ1n) is 4.71. The third-order valence-corrected chi connectivity index (χ3v) is 1.97. The van der Waals surface area contributed by atoms with Crippen LogP contribution in [-0.4, -0.2) is 11.9 Å². The Morgan fingerprint density at radius 2 is 2.21 bits per heavy atom. The molecule has 14 heavy (non-hydrogen) atoms. The van der Waals surface area contributed by atoms with E-state index >= 15 is 0 Å². The quantitative estimate of drug-likeness (QED) is 0.607. The van der Waals surface area contributed by atoms with Gasteiger partial charge in [0.2, 0.25) is 0 Å². The zero-order valence-electron chi connectivity index (χ0n) is 8.88. The Hall–Kier alpha value is -1.44. The summed E-state index contributed by atoms with van der Waals surface area (Å²) in [6.45, 7) is 11.6. The average Bonchev–Trinajstić information content (AvgIpc) is 2.15. The zero-order valence-corrected chi connectivity index (χ0v) is 8.88. The van der Waals surface area contributed by atoms with Crippen molar-refractivity contribution in [1.82, 2.24) is 0 Å². The second-order valence-electron chi connectivity index (χ2n) is 3.60. The standard InChI is InChI=1S/C12H16N2/c1-9(2)7-13-11(4)12-6-5-10(3)8-14-12/h7-8H,1,4-6H2,2-3H3. The molecule has 0 fully saturated rings. The van der Waals surface area contributed by atoms with Crippen molar-refractivity contribution < 1.29 is 0 Å². The van der Waals surface area contributed by atoms with E-state index < -0.39 is 0 Å². The molecular weight excluding hydrogens is 172 g/mol. The maximum Gasteiger partial charge on any atom is 0.0772 e. The molecule has 0 aromatic carbocycles. The van der Waals surface area contributed by atoms with E-state index in [4.69, 9.17) is 0 Å². The maximum atomic E-state index is 4.30. The van der Waals surface area contributed by atoms with Gasteiger partial charge >= 0.3 is 0 Å². The molecule has 0 amide bonds. The summed E-state index contributed by atoms with van der Waals surface area (Å²) in [6.07, 6.45) is 5.60. The molecule has 1 rings (SSSR count). The molecule has 0 aliphatic carbocycles. The highest BCUT2D eigenvalue weighted by Gasteiger charge is 2.07. The SMILES string of the molecule is C=C(C)C=NC(=C)C1=NC=C(C)CC1. The Morgan fingerprint density at radius 3 is 2.71 bits per heavy atom. The third-order valence-electron chi connectivity index (χ3n) is 1.97. The summed E-state index contributed by atoms with van der Waals surface area (Å²) in [5.74, 6) is 0. The van der Waals surface area contributed by atoms with Crippen molar-refractivity contribution in [2.45, 2.75) is 26.7 Å². The van der Waals surface area contributed by atoms with Crippen molar-refractivity contribution in [1.29, 1.82) is 0 Å². The highest BCUT2D eigenvalue weighted by Crippen LogP contribution is 2.15. The lowest BCUT2D eigenvalue weighted by Gasteiger charge is -2.09. The molecule has 2 nitrogen and oxygen atoms in total. The van der Waals surface area contributed by atoms with Crippen molar-refractivity contribution in [2.24, 2.45) is 9.98 Å². The Kier molecular flexibility index (Phi) is 3.57. The lowest BCUT2D eigenvalue weighted by Crippen LogP contribution is -2.04. The molecular formula is C12H16N2. The maximum absolute atomic E-state index is 4.30. The lowest BCUT2D eigenvalue weighted by atomic mass is 10.1. The molecule has 0 bridgehead atoms. The predicted octanol–water partition coefficient (Wildman–Crippen LogP) is 3.29. The first kappa shape index (κ1) is 10.6. The molecule has 1 aliphatic heterocycles. The first-order valence-corrected chi connectivity index (χ1v) is 4.71. The Labute approximate surface area is 85.5 Å². The summed E-state index contributed by atoms with van der Waals surface area (Å²) in [5, 5.41) is 0. The zero-order chi connectivity index (χ0) is 10.6. The normalized spacial score (nSPS) is 16.4. The fourth-order valence-corrected chi connectivity index (χ4v) is 1.11. The van der Waals surface area contributed by atoms with Crippen LogP contribution in [0.4, 0.5) is 0 Å². The van der Waals surface area contributed by atoms with Crippen LogP contribution in [0.2, 0.25) is 0 Å². The largest absolute Gasteiger partial charge is 0.259 e. The molecule has 0 radical (unpaired) electrons. The summed E-state index contributed by atoms with van der Waals surface area (Å²) < 4.78 is 0. The van der Waals surface area contributed by atoms with Gasteiger partial charge in [0, 0.05) is 12.4 Å². The summed E-state index contributed by atoms with van der Waals surface area (Å²) in [4.78, 5) is 8.49. The monoisotopic (exact) mass is 188 g/mol. The summed E-state index contributed by atoms with van der Waals surface area (Å²) in [7, 11) is 0.